The number of hydrogen-bond donors (Lipinski definition) is 1. The molecule has 0 saturated carbocycles. The summed E-state index contributed by atoms with van der Waals surface area (Å²) in [7, 11) is 0. The van der Waals surface area contributed by atoms with Crippen LogP contribution in [0.5, 0.6) is 0 Å². The Balaban J connectivity index is 1.77. The van der Waals surface area contributed by atoms with E-state index < -0.39 is 18.0 Å². The van der Waals surface area contributed by atoms with Crippen LogP contribution < -0.4 is 10.2 Å². The molecule has 29 heavy (non-hydrogen) atoms. The molecule has 0 radical (unpaired) electrons. The van der Waals surface area contributed by atoms with Gasteiger partial charge in [-0.15, -0.1) is 0 Å². The zero-order chi connectivity index (χ0) is 21.3. The third-order valence-electron chi connectivity index (χ3n) is 5.07. The number of amides is 4. The van der Waals surface area contributed by atoms with Crippen LogP contribution in [0.3, 0.4) is 0 Å². The molecule has 1 fully saturated rings. The minimum Gasteiger partial charge on any atom is -0.324 e. The smallest absolute Gasteiger partial charge is 0.324 e. The number of carbonyl (C=O) groups excluding carboxylic acids is 3. The van der Waals surface area contributed by atoms with Gasteiger partial charge in [-0.3, -0.25) is 19.4 Å². The number of nitrogens with one attached hydrogen (secondary N) is 1. The maximum atomic E-state index is 12.9. The van der Waals surface area contributed by atoms with Crippen LogP contribution >= 0.6 is 0 Å². The van der Waals surface area contributed by atoms with E-state index in [0.717, 1.165) is 16.0 Å². The van der Waals surface area contributed by atoms with Crippen LogP contribution in [0.15, 0.2) is 48.5 Å². The standard InChI is InChI=1S/C23H27N3O3/c1-15-10-12-17(13-11-15)26-16(2)21(28)25(22(26)29)14-20(27)24-19-9-7-6-8-18(19)23(3,4)5/h6-13,16H,14H2,1-5H3,(H,24,27). The molecular weight excluding hydrogens is 366 g/mol. The summed E-state index contributed by atoms with van der Waals surface area (Å²) < 4.78 is 0. The molecule has 1 N–H and O–H groups in total. The highest BCUT2D eigenvalue weighted by Gasteiger charge is 2.44. The lowest BCUT2D eigenvalue weighted by atomic mass is 9.86. The molecule has 3 rings (SSSR count). The molecule has 1 unspecified atom stereocenters. The molecule has 0 aliphatic carbocycles. The summed E-state index contributed by atoms with van der Waals surface area (Å²) in [5.41, 5.74) is 3.23. The number of anilines is 2. The molecule has 2 aromatic carbocycles. The molecule has 1 aliphatic rings. The lowest BCUT2D eigenvalue weighted by molar-refractivity contribution is -0.130. The Morgan fingerprint density at radius 2 is 1.66 bits per heavy atom. The van der Waals surface area contributed by atoms with E-state index in [4.69, 9.17) is 0 Å². The van der Waals surface area contributed by atoms with Crippen LogP contribution in [0.25, 0.3) is 0 Å². The Labute approximate surface area is 171 Å². The van der Waals surface area contributed by atoms with Crippen LogP contribution in [-0.4, -0.2) is 35.3 Å². The van der Waals surface area contributed by atoms with Crippen molar-refractivity contribution in [1.82, 2.24) is 4.90 Å². The Hall–Kier alpha value is -3.15. The van der Waals surface area contributed by atoms with Crippen molar-refractivity contribution in [3.63, 3.8) is 0 Å². The largest absolute Gasteiger partial charge is 0.332 e. The highest BCUT2D eigenvalue weighted by atomic mass is 16.2. The van der Waals surface area contributed by atoms with Crippen molar-refractivity contribution < 1.29 is 14.4 Å². The van der Waals surface area contributed by atoms with Crippen LogP contribution in [0.2, 0.25) is 0 Å². The van der Waals surface area contributed by atoms with Crippen molar-refractivity contribution in [2.24, 2.45) is 0 Å². The van der Waals surface area contributed by atoms with Gasteiger partial charge in [0.15, 0.2) is 0 Å². The molecule has 6 nitrogen and oxygen atoms in total. The third kappa shape index (κ3) is 4.16. The lowest BCUT2D eigenvalue weighted by Crippen LogP contribution is -2.39. The number of carbonyl (C=O) groups is 3. The van der Waals surface area contributed by atoms with Gasteiger partial charge in [0.05, 0.1) is 0 Å². The molecule has 1 saturated heterocycles. The summed E-state index contributed by atoms with van der Waals surface area (Å²) in [6, 6.07) is 13.8. The van der Waals surface area contributed by atoms with Gasteiger partial charge in [0.25, 0.3) is 5.91 Å². The number of imide groups is 1. The van der Waals surface area contributed by atoms with Crippen LogP contribution in [0, 0.1) is 6.92 Å². The number of urea groups is 1. The number of hydrogen-bond acceptors (Lipinski definition) is 3. The number of nitrogens with zero attached hydrogens (tertiary/aromatic N) is 2. The molecule has 0 bridgehead atoms. The monoisotopic (exact) mass is 393 g/mol. The van der Waals surface area contributed by atoms with E-state index in [1.54, 1.807) is 19.1 Å². The zero-order valence-corrected chi connectivity index (χ0v) is 17.5. The van der Waals surface area contributed by atoms with Gasteiger partial charge in [0.2, 0.25) is 5.91 Å². The molecule has 1 atom stereocenters. The number of para-hydroxylation sites is 1. The average molecular weight is 393 g/mol. The highest BCUT2D eigenvalue weighted by Crippen LogP contribution is 2.30. The number of rotatable bonds is 4. The fourth-order valence-electron chi connectivity index (χ4n) is 3.49. The van der Waals surface area contributed by atoms with Gasteiger partial charge < -0.3 is 5.32 Å². The second-order valence-electron chi connectivity index (χ2n) is 8.43. The third-order valence-corrected chi connectivity index (χ3v) is 5.07. The molecule has 2 aromatic rings. The Kier molecular flexibility index (Phi) is 5.46. The van der Waals surface area contributed by atoms with E-state index in [1.165, 1.54) is 4.90 Å². The number of benzene rings is 2. The summed E-state index contributed by atoms with van der Waals surface area (Å²) in [6.45, 7) is 9.50. The zero-order valence-electron chi connectivity index (χ0n) is 17.5. The molecule has 4 amide bonds. The maximum Gasteiger partial charge on any atom is 0.332 e. The lowest BCUT2D eigenvalue weighted by Gasteiger charge is -2.23. The van der Waals surface area contributed by atoms with Gasteiger partial charge in [0, 0.05) is 11.4 Å². The molecule has 6 heteroatoms. The summed E-state index contributed by atoms with van der Waals surface area (Å²) >= 11 is 0. The van der Waals surface area contributed by atoms with Crippen molar-refractivity contribution >= 4 is 29.2 Å². The first kappa shape index (κ1) is 20.6. The average Bonchev–Trinajstić information content (AvgIpc) is 2.86. The van der Waals surface area contributed by atoms with Crippen molar-refractivity contribution in [2.45, 2.75) is 46.1 Å². The van der Waals surface area contributed by atoms with Gasteiger partial charge in [-0.1, -0.05) is 56.7 Å². The molecule has 0 spiro atoms. The number of aryl methyl sites for hydroxylation is 1. The van der Waals surface area contributed by atoms with Crippen LogP contribution in [-0.2, 0) is 15.0 Å². The molecule has 1 aliphatic heterocycles. The van der Waals surface area contributed by atoms with E-state index in [9.17, 15) is 14.4 Å². The van der Waals surface area contributed by atoms with Crippen molar-refractivity contribution in [2.75, 3.05) is 16.8 Å². The minimum atomic E-state index is -0.653. The SMILES string of the molecule is Cc1ccc(N2C(=O)N(CC(=O)Nc3ccccc3C(C)(C)C)C(=O)C2C)cc1. The van der Waals surface area contributed by atoms with Gasteiger partial charge in [-0.2, -0.15) is 0 Å². The normalized spacial score (nSPS) is 17.1. The first-order valence-corrected chi connectivity index (χ1v) is 9.70. The quantitative estimate of drug-likeness (QED) is 0.796. The highest BCUT2D eigenvalue weighted by molar-refractivity contribution is 6.16. The molecule has 1 heterocycles. The van der Waals surface area contributed by atoms with Gasteiger partial charge in [-0.05, 0) is 43.0 Å². The van der Waals surface area contributed by atoms with Crippen molar-refractivity contribution in [3.8, 4) is 0 Å². The predicted molar refractivity (Wildman–Crippen MR) is 114 cm³/mol. The topological polar surface area (TPSA) is 69.7 Å². The van der Waals surface area contributed by atoms with E-state index in [2.05, 4.69) is 26.1 Å². The second kappa shape index (κ2) is 7.70. The Morgan fingerprint density at radius 1 is 1.03 bits per heavy atom. The molecular formula is C23H27N3O3. The van der Waals surface area contributed by atoms with Crippen molar-refractivity contribution in [3.05, 3.63) is 59.7 Å². The summed E-state index contributed by atoms with van der Waals surface area (Å²) in [5, 5.41) is 2.86. The maximum absolute atomic E-state index is 12.9. The van der Waals surface area contributed by atoms with Gasteiger partial charge >= 0.3 is 6.03 Å². The first-order chi connectivity index (χ1) is 13.6. The fraction of sp³-hybridized carbons (Fsp3) is 0.348. The summed E-state index contributed by atoms with van der Waals surface area (Å²) in [4.78, 5) is 40.6. The van der Waals surface area contributed by atoms with E-state index in [-0.39, 0.29) is 17.9 Å². The van der Waals surface area contributed by atoms with E-state index in [1.807, 2.05) is 43.3 Å². The van der Waals surface area contributed by atoms with Gasteiger partial charge in [-0.25, -0.2) is 4.79 Å². The Morgan fingerprint density at radius 3 is 2.28 bits per heavy atom. The van der Waals surface area contributed by atoms with Crippen molar-refractivity contribution in [1.29, 1.82) is 0 Å². The molecule has 152 valence electrons. The Bertz CT molecular complexity index is 945. The van der Waals surface area contributed by atoms with E-state index >= 15 is 0 Å². The molecule has 0 aromatic heterocycles. The summed E-state index contributed by atoms with van der Waals surface area (Å²) in [6.07, 6.45) is 0. The van der Waals surface area contributed by atoms with Crippen LogP contribution in [0.1, 0.15) is 38.8 Å². The van der Waals surface area contributed by atoms with E-state index in [0.29, 0.717) is 11.4 Å². The fourth-order valence-corrected chi connectivity index (χ4v) is 3.49. The van der Waals surface area contributed by atoms with Crippen LogP contribution in [0.4, 0.5) is 16.2 Å². The first-order valence-electron chi connectivity index (χ1n) is 9.70. The van der Waals surface area contributed by atoms with Gasteiger partial charge in [0.1, 0.15) is 12.6 Å². The predicted octanol–water partition coefficient (Wildman–Crippen LogP) is 4.09. The minimum absolute atomic E-state index is 0.153. The second-order valence-corrected chi connectivity index (χ2v) is 8.43. The summed E-state index contributed by atoms with van der Waals surface area (Å²) in [5.74, 6) is -0.781.